The van der Waals surface area contributed by atoms with Gasteiger partial charge in [-0.2, -0.15) is 0 Å². The molecule has 2 atom stereocenters. The summed E-state index contributed by atoms with van der Waals surface area (Å²) in [5, 5.41) is 3.57. The van der Waals surface area contributed by atoms with Gasteiger partial charge in [-0.05, 0) is 50.3 Å². The summed E-state index contributed by atoms with van der Waals surface area (Å²) in [4.78, 5) is 0. The number of rotatable bonds is 2. The minimum absolute atomic E-state index is 0.324. The highest BCUT2D eigenvalue weighted by Gasteiger charge is 2.23. The Morgan fingerprint density at radius 3 is 2.73 bits per heavy atom. The Morgan fingerprint density at radius 1 is 1.27 bits per heavy atom. The Labute approximate surface area is 91.9 Å². The monoisotopic (exact) mass is 204 g/mol. The maximum Gasteiger partial charge on any atom is 0.0412 e. The third kappa shape index (κ3) is 2.32. The van der Waals surface area contributed by atoms with E-state index in [-0.39, 0.29) is 0 Å². The zero-order chi connectivity index (χ0) is 10.8. The number of hydrogen-bond acceptors (Lipinski definition) is 2. The van der Waals surface area contributed by atoms with E-state index in [1.165, 1.54) is 29.7 Å². The van der Waals surface area contributed by atoms with Crippen molar-refractivity contribution in [1.29, 1.82) is 0 Å². The van der Waals surface area contributed by atoms with Crippen LogP contribution in [0.2, 0.25) is 0 Å². The van der Waals surface area contributed by atoms with Crippen LogP contribution in [-0.2, 0) is 0 Å². The van der Waals surface area contributed by atoms with Crippen LogP contribution in [-0.4, -0.2) is 12.1 Å². The second kappa shape index (κ2) is 4.23. The molecule has 15 heavy (non-hydrogen) atoms. The highest BCUT2D eigenvalue weighted by Crippen LogP contribution is 2.24. The normalized spacial score (nSPS) is 25.5. The highest BCUT2D eigenvalue weighted by molar-refractivity contribution is 5.53. The van der Waals surface area contributed by atoms with Crippen LogP contribution in [0.15, 0.2) is 18.2 Å². The Morgan fingerprint density at radius 2 is 2.07 bits per heavy atom. The van der Waals surface area contributed by atoms with Gasteiger partial charge in [-0.3, -0.25) is 0 Å². The average molecular weight is 204 g/mol. The minimum Gasteiger partial charge on any atom is -0.381 e. The van der Waals surface area contributed by atoms with E-state index >= 15 is 0 Å². The van der Waals surface area contributed by atoms with Crippen LogP contribution in [0, 0.1) is 13.8 Å². The molecule has 1 aliphatic carbocycles. The second-order valence-electron chi connectivity index (χ2n) is 4.66. The van der Waals surface area contributed by atoms with Crippen LogP contribution in [0.3, 0.4) is 0 Å². The molecule has 2 nitrogen and oxygen atoms in total. The van der Waals surface area contributed by atoms with Crippen molar-refractivity contribution in [1.82, 2.24) is 0 Å². The molecule has 0 radical (unpaired) electrons. The summed E-state index contributed by atoms with van der Waals surface area (Å²) in [5.41, 5.74) is 9.91. The maximum atomic E-state index is 6.05. The van der Waals surface area contributed by atoms with Crippen molar-refractivity contribution < 1.29 is 0 Å². The lowest BCUT2D eigenvalue weighted by molar-refractivity contribution is 0.637. The van der Waals surface area contributed by atoms with E-state index in [1.807, 2.05) is 0 Å². The molecule has 0 unspecified atom stereocenters. The molecule has 1 aromatic carbocycles. The van der Waals surface area contributed by atoms with Crippen molar-refractivity contribution >= 4 is 5.69 Å². The van der Waals surface area contributed by atoms with Gasteiger partial charge in [0, 0.05) is 17.8 Å². The Kier molecular flexibility index (Phi) is 2.96. The van der Waals surface area contributed by atoms with Gasteiger partial charge in [0.1, 0.15) is 0 Å². The van der Waals surface area contributed by atoms with Gasteiger partial charge in [0.15, 0.2) is 0 Å². The van der Waals surface area contributed by atoms with Crippen LogP contribution in [0.5, 0.6) is 0 Å². The van der Waals surface area contributed by atoms with Crippen LogP contribution >= 0.6 is 0 Å². The van der Waals surface area contributed by atoms with Gasteiger partial charge in [0.25, 0.3) is 0 Å². The fraction of sp³-hybridized carbons (Fsp3) is 0.538. The van der Waals surface area contributed by atoms with Crippen LogP contribution in [0.1, 0.15) is 30.4 Å². The van der Waals surface area contributed by atoms with Gasteiger partial charge in [-0.1, -0.05) is 12.1 Å². The van der Waals surface area contributed by atoms with Gasteiger partial charge >= 0.3 is 0 Å². The molecule has 1 saturated carbocycles. The number of aryl methyl sites for hydroxylation is 2. The molecular weight excluding hydrogens is 184 g/mol. The third-order valence-electron chi connectivity index (χ3n) is 3.30. The van der Waals surface area contributed by atoms with Crippen LogP contribution in [0.25, 0.3) is 0 Å². The molecule has 0 aliphatic heterocycles. The lowest BCUT2D eigenvalue weighted by Crippen LogP contribution is -2.35. The summed E-state index contributed by atoms with van der Waals surface area (Å²) < 4.78 is 0. The molecule has 2 heteroatoms. The summed E-state index contributed by atoms with van der Waals surface area (Å²) in [5.74, 6) is 0. The first kappa shape index (κ1) is 10.5. The molecule has 0 saturated heterocycles. The molecule has 0 spiro atoms. The molecule has 0 aromatic heterocycles. The topological polar surface area (TPSA) is 38.0 Å². The molecule has 2 rings (SSSR count). The van der Waals surface area contributed by atoms with Gasteiger partial charge in [-0.15, -0.1) is 0 Å². The van der Waals surface area contributed by atoms with E-state index < -0.39 is 0 Å². The van der Waals surface area contributed by atoms with E-state index in [2.05, 4.69) is 37.4 Å². The standard InChI is InChI=1S/C13H20N2/c1-9-6-7-10(2)13(8-9)15-12-5-3-4-11(12)14/h6-8,11-12,15H,3-5,14H2,1-2H3/t11-,12-/m1/s1. The largest absolute Gasteiger partial charge is 0.381 e. The molecular formula is C13H20N2. The maximum absolute atomic E-state index is 6.05. The summed E-state index contributed by atoms with van der Waals surface area (Å²) in [6.45, 7) is 4.27. The average Bonchev–Trinajstić information content (AvgIpc) is 2.58. The minimum atomic E-state index is 0.324. The molecule has 1 fully saturated rings. The third-order valence-corrected chi connectivity index (χ3v) is 3.30. The van der Waals surface area contributed by atoms with Crippen molar-refractivity contribution in [3.05, 3.63) is 29.3 Å². The fourth-order valence-corrected chi connectivity index (χ4v) is 2.26. The predicted octanol–water partition coefficient (Wildman–Crippen LogP) is 2.60. The first-order chi connectivity index (χ1) is 7.16. The number of anilines is 1. The van der Waals surface area contributed by atoms with Crippen molar-refractivity contribution in [2.24, 2.45) is 5.73 Å². The molecule has 0 amide bonds. The number of benzene rings is 1. The van der Waals surface area contributed by atoms with Gasteiger partial charge in [0.2, 0.25) is 0 Å². The van der Waals surface area contributed by atoms with Crippen LogP contribution in [0.4, 0.5) is 5.69 Å². The summed E-state index contributed by atoms with van der Waals surface area (Å²) in [7, 11) is 0. The van der Waals surface area contributed by atoms with Gasteiger partial charge in [0.05, 0.1) is 0 Å². The summed E-state index contributed by atoms with van der Waals surface area (Å²) in [6.07, 6.45) is 3.61. The lowest BCUT2D eigenvalue weighted by Gasteiger charge is -2.20. The van der Waals surface area contributed by atoms with Crippen molar-refractivity contribution in [2.45, 2.75) is 45.2 Å². The number of nitrogens with two attached hydrogens (primary N) is 1. The van der Waals surface area contributed by atoms with E-state index in [9.17, 15) is 0 Å². The van der Waals surface area contributed by atoms with Crippen molar-refractivity contribution in [3.63, 3.8) is 0 Å². The lowest BCUT2D eigenvalue weighted by atomic mass is 10.1. The van der Waals surface area contributed by atoms with Crippen LogP contribution < -0.4 is 11.1 Å². The number of nitrogens with one attached hydrogen (secondary N) is 1. The van der Waals surface area contributed by atoms with Gasteiger partial charge in [-0.25, -0.2) is 0 Å². The predicted molar refractivity (Wildman–Crippen MR) is 65.2 cm³/mol. The SMILES string of the molecule is Cc1ccc(C)c(N[C@@H]2CCC[C@H]2N)c1. The van der Waals surface area contributed by atoms with E-state index in [0.29, 0.717) is 12.1 Å². The van der Waals surface area contributed by atoms with Crippen molar-refractivity contribution in [3.8, 4) is 0 Å². The quantitative estimate of drug-likeness (QED) is 0.777. The first-order valence-corrected chi connectivity index (χ1v) is 5.76. The molecule has 82 valence electrons. The zero-order valence-electron chi connectivity index (χ0n) is 9.59. The smallest absolute Gasteiger partial charge is 0.0412 e. The molecule has 0 heterocycles. The second-order valence-corrected chi connectivity index (χ2v) is 4.66. The molecule has 0 bridgehead atoms. The zero-order valence-corrected chi connectivity index (χ0v) is 9.59. The fourth-order valence-electron chi connectivity index (χ4n) is 2.26. The van der Waals surface area contributed by atoms with Crippen molar-refractivity contribution in [2.75, 3.05) is 5.32 Å². The van der Waals surface area contributed by atoms with E-state index in [0.717, 1.165) is 6.42 Å². The summed E-state index contributed by atoms with van der Waals surface area (Å²) >= 11 is 0. The Hall–Kier alpha value is -1.02. The molecule has 1 aromatic rings. The van der Waals surface area contributed by atoms with E-state index in [4.69, 9.17) is 5.73 Å². The van der Waals surface area contributed by atoms with Gasteiger partial charge < -0.3 is 11.1 Å². The summed E-state index contributed by atoms with van der Waals surface area (Å²) in [6, 6.07) is 7.31. The number of hydrogen-bond donors (Lipinski definition) is 2. The Bertz CT molecular complexity index is 346. The van der Waals surface area contributed by atoms with E-state index in [1.54, 1.807) is 0 Å². The molecule has 1 aliphatic rings. The first-order valence-electron chi connectivity index (χ1n) is 5.76. The Balaban J connectivity index is 2.12. The molecule has 3 N–H and O–H groups in total. The highest BCUT2D eigenvalue weighted by atomic mass is 15.0.